The third-order valence-electron chi connectivity index (χ3n) is 2.71. The summed E-state index contributed by atoms with van der Waals surface area (Å²) in [6.07, 6.45) is 1.28. The second-order valence-corrected chi connectivity index (χ2v) is 4.98. The lowest BCUT2D eigenvalue weighted by Gasteiger charge is -2.04. The Morgan fingerprint density at radius 1 is 1.36 bits per heavy atom. The van der Waals surface area contributed by atoms with Gasteiger partial charge in [0.15, 0.2) is 0 Å². The maximum Gasteiger partial charge on any atom is 0.329 e. The molecule has 1 heterocycles. The van der Waals surface area contributed by atoms with E-state index in [1.165, 1.54) is 10.9 Å². The van der Waals surface area contributed by atoms with Crippen LogP contribution in [-0.4, -0.2) is 27.8 Å². The van der Waals surface area contributed by atoms with E-state index in [4.69, 9.17) is 28.9 Å². The van der Waals surface area contributed by atoms with Gasteiger partial charge in [0.25, 0.3) is 0 Å². The fourth-order valence-corrected chi connectivity index (χ4v) is 2.18. The number of amides is 2. The minimum atomic E-state index is -1.13. The molecule has 0 fully saturated rings. The highest BCUT2D eigenvalue weighted by atomic mass is 35.5. The van der Waals surface area contributed by atoms with Crippen molar-refractivity contribution >= 4 is 41.2 Å². The number of aryl methyl sites for hydroxylation is 1. The second-order valence-electron chi connectivity index (χ2n) is 4.22. The predicted octanol–water partition coefficient (Wildman–Crippen LogP) is 1.42. The second kappa shape index (κ2) is 6.59. The Morgan fingerprint density at radius 3 is 2.68 bits per heavy atom. The first-order valence-corrected chi connectivity index (χ1v) is 6.80. The van der Waals surface area contributed by atoms with Gasteiger partial charge in [-0.05, 0) is 19.1 Å². The Balaban J connectivity index is 2.32. The summed E-state index contributed by atoms with van der Waals surface area (Å²) in [7, 11) is 0. The molecule has 22 heavy (non-hydrogen) atoms. The molecule has 0 unspecified atom stereocenters. The average molecular weight is 340 g/mol. The first kappa shape index (κ1) is 16.0. The van der Waals surface area contributed by atoms with E-state index in [-0.39, 0.29) is 5.15 Å². The molecule has 1 aromatic carbocycles. The molecule has 0 aliphatic rings. The summed E-state index contributed by atoms with van der Waals surface area (Å²) in [5.74, 6) is -2.16. The van der Waals surface area contributed by atoms with Crippen LogP contribution in [0.5, 0.6) is 0 Å². The Labute approximate surface area is 135 Å². The van der Waals surface area contributed by atoms with Crippen molar-refractivity contribution in [1.29, 1.82) is 0 Å². The van der Waals surface area contributed by atoms with E-state index in [2.05, 4.69) is 10.2 Å². The molecular weight excluding hydrogens is 329 g/mol. The number of hydrogen-bond donors (Lipinski definition) is 2. The highest BCUT2D eigenvalue weighted by Crippen LogP contribution is 2.26. The van der Waals surface area contributed by atoms with Crippen molar-refractivity contribution in [1.82, 2.24) is 15.2 Å². The minimum Gasteiger partial charge on any atom is -0.361 e. The van der Waals surface area contributed by atoms with Gasteiger partial charge in [-0.25, -0.2) is 10.1 Å². The van der Waals surface area contributed by atoms with Crippen molar-refractivity contribution in [3.8, 4) is 5.69 Å². The van der Waals surface area contributed by atoms with Gasteiger partial charge in [-0.3, -0.25) is 9.59 Å². The summed E-state index contributed by atoms with van der Waals surface area (Å²) in [5, 5.41) is 8.65. The van der Waals surface area contributed by atoms with E-state index in [0.29, 0.717) is 22.0 Å². The minimum absolute atomic E-state index is 0.266. The quantitative estimate of drug-likeness (QED) is 0.502. The van der Waals surface area contributed by atoms with E-state index < -0.39 is 11.8 Å². The van der Waals surface area contributed by atoms with Gasteiger partial charge < -0.3 is 5.73 Å². The SMILES string of the molecule is Cc1nn(-c2ccccc2Cl)c(Cl)c1/C=N\NC(=O)C(N)=O. The standard InChI is InChI=1S/C13H11Cl2N5O2/c1-7-8(6-17-18-13(22)12(16)21)11(15)20(19-7)10-5-3-2-4-9(10)14/h2-6H,1H3,(H2,16,21)(H,18,22)/b17-6-. The van der Waals surface area contributed by atoms with Crippen LogP contribution in [-0.2, 0) is 9.59 Å². The van der Waals surface area contributed by atoms with E-state index in [1.54, 1.807) is 31.2 Å². The van der Waals surface area contributed by atoms with E-state index in [9.17, 15) is 9.59 Å². The number of aromatic nitrogens is 2. The van der Waals surface area contributed by atoms with Crippen LogP contribution < -0.4 is 11.2 Å². The van der Waals surface area contributed by atoms with Crippen LogP contribution in [0.2, 0.25) is 10.2 Å². The number of nitrogens with two attached hydrogens (primary N) is 1. The summed E-state index contributed by atoms with van der Waals surface area (Å²) >= 11 is 12.4. The Bertz CT molecular complexity index is 770. The van der Waals surface area contributed by atoms with Crippen LogP contribution in [0.25, 0.3) is 5.69 Å². The first-order valence-electron chi connectivity index (χ1n) is 6.04. The van der Waals surface area contributed by atoms with Gasteiger partial charge in [0, 0.05) is 0 Å². The third kappa shape index (κ3) is 3.26. The number of hydrogen-bond acceptors (Lipinski definition) is 4. The molecule has 114 valence electrons. The fourth-order valence-electron chi connectivity index (χ4n) is 1.65. The Morgan fingerprint density at radius 2 is 2.05 bits per heavy atom. The predicted molar refractivity (Wildman–Crippen MR) is 83.3 cm³/mol. The summed E-state index contributed by atoms with van der Waals surface area (Å²) in [5.41, 5.74) is 8.43. The molecule has 0 radical (unpaired) electrons. The third-order valence-corrected chi connectivity index (χ3v) is 3.40. The number of rotatable bonds is 3. The molecule has 1 aromatic heterocycles. The number of para-hydroxylation sites is 1. The number of hydrazone groups is 1. The van der Waals surface area contributed by atoms with Crippen molar-refractivity contribution in [2.75, 3.05) is 0 Å². The van der Waals surface area contributed by atoms with Gasteiger partial charge in [-0.2, -0.15) is 10.2 Å². The largest absolute Gasteiger partial charge is 0.361 e. The van der Waals surface area contributed by atoms with Crippen LogP contribution in [0.3, 0.4) is 0 Å². The monoisotopic (exact) mass is 339 g/mol. The molecule has 0 spiro atoms. The molecule has 2 amide bonds. The van der Waals surface area contributed by atoms with E-state index >= 15 is 0 Å². The molecule has 2 aromatic rings. The number of nitrogens with one attached hydrogen (secondary N) is 1. The summed E-state index contributed by atoms with van der Waals surface area (Å²) in [6, 6.07) is 7.06. The van der Waals surface area contributed by atoms with Gasteiger partial charge in [-0.15, -0.1) is 0 Å². The van der Waals surface area contributed by atoms with Gasteiger partial charge in [0.05, 0.1) is 28.2 Å². The van der Waals surface area contributed by atoms with Crippen molar-refractivity contribution in [3.05, 3.63) is 45.7 Å². The van der Waals surface area contributed by atoms with Crippen LogP contribution >= 0.6 is 23.2 Å². The number of halogens is 2. The zero-order valence-electron chi connectivity index (χ0n) is 11.4. The highest BCUT2D eigenvalue weighted by molar-refractivity contribution is 6.35. The van der Waals surface area contributed by atoms with Crippen molar-refractivity contribution in [2.24, 2.45) is 10.8 Å². The van der Waals surface area contributed by atoms with Crippen LogP contribution in [0.15, 0.2) is 29.4 Å². The maximum absolute atomic E-state index is 11.0. The Hall–Kier alpha value is -2.38. The summed E-state index contributed by atoms with van der Waals surface area (Å²) < 4.78 is 1.45. The number of carbonyl (C=O) groups excluding carboxylic acids is 2. The number of benzene rings is 1. The molecule has 0 saturated heterocycles. The normalized spacial score (nSPS) is 10.9. The molecule has 9 heteroatoms. The molecule has 0 aliphatic heterocycles. The zero-order valence-corrected chi connectivity index (χ0v) is 12.9. The average Bonchev–Trinajstić information content (AvgIpc) is 2.75. The maximum atomic E-state index is 11.0. The number of carbonyl (C=O) groups is 2. The number of primary amides is 1. The smallest absolute Gasteiger partial charge is 0.329 e. The van der Waals surface area contributed by atoms with Crippen LogP contribution in [0.1, 0.15) is 11.3 Å². The lowest BCUT2D eigenvalue weighted by Crippen LogP contribution is -2.32. The van der Waals surface area contributed by atoms with Gasteiger partial charge in [0.2, 0.25) is 0 Å². The molecule has 0 atom stereocenters. The fraction of sp³-hybridized carbons (Fsp3) is 0.0769. The summed E-state index contributed by atoms with van der Waals surface area (Å²) in [6.45, 7) is 1.72. The summed E-state index contributed by atoms with van der Waals surface area (Å²) in [4.78, 5) is 21.6. The topological polar surface area (TPSA) is 102 Å². The van der Waals surface area contributed by atoms with Crippen LogP contribution in [0, 0.1) is 6.92 Å². The first-order chi connectivity index (χ1) is 10.4. The van der Waals surface area contributed by atoms with Gasteiger partial charge in [-0.1, -0.05) is 35.3 Å². The van der Waals surface area contributed by atoms with E-state index in [0.717, 1.165) is 0 Å². The number of nitrogens with zero attached hydrogens (tertiary/aromatic N) is 3. The molecule has 3 N–H and O–H groups in total. The van der Waals surface area contributed by atoms with Gasteiger partial charge in [0.1, 0.15) is 5.15 Å². The molecular formula is C13H11Cl2N5O2. The zero-order chi connectivity index (χ0) is 16.3. The lowest BCUT2D eigenvalue weighted by molar-refractivity contribution is -0.137. The molecule has 0 aliphatic carbocycles. The molecule has 7 nitrogen and oxygen atoms in total. The Kier molecular flexibility index (Phi) is 4.79. The van der Waals surface area contributed by atoms with E-state index in [1.807, 2.05) is 5.43 Å². The lowest BCUT2D eigenvalue weighted by atomic mass is 10.3. The molecule has 0 bridgehead atoms. The van der Waals surface area contributed by atoms with Crippen molar-refractivity contribution in [2.45, 2.75) is 6.92 Å². The molecule has 2 rings (SSSR count). The van der Waals surface area contributed by atoms with Crippen molar-refractivity contribution < 1.29 is 9.59 Å². The van der Waals surface area contributed by atoms with Gasteiger partial charge >= 0.3 is 11.8 Å². The molecule has 0 saturated carbocycles. The highest BCUT2D eigenvalue weighted by Gasteiger charge is 2.15. The van der Waals surface area contributed by atoms with Crippen LogP contribution in [0.4, 0.5) is 0 Å². The van der Waals surface area contributed by atoms with Crippen molar-refractivity contribution in [3.63, 3.8) is 0 Å².